The number of rotatable bonds is 1. The SMILES string of the molecule is CC1(C)C=CC(O)(C(F)F)CC1. The standard InChI is InChI=1S/C9H14F2O/c1-8(2)3-5-9(12,6-4-8)7(10)11/h3,5,7,12H,4,6H2,1-2H3. The zero-order chi connectivity index (χ0) is 9.41. The van der Waals surface area contributed by atoms with Gasteiger partial charge in [0.1, 0.15) is 5.60 Å². The molecule has 1 aliphatic carbocycles. The maximum Gasteiger partial charge on any atom is 0.270 e. The van der Waals surface area contributed by atoms with Crippen molar-refractivity contribution in [1.29, 1.82) is 0 Å². The molecule has 12 heavy (non-hydrogen) atoms. The molecule has 70 valence electrons. The predicted molar refractivity (Wildman–Crippen MR) is 43.1 cm³/mol. The molecule has 1 rings (SSSR count). The van der Waals surface area contributed by atoms with Gasteiger partial charge in [-0.25, -0.2) is 8.78 Å². The summed E-state index contributed by atoms with van der Waals surface area (Å²) >= 11 is 0. The summed E-state index contributed by atoms with van der Waals surface area (Å²) in [7, 11) is 0. The fraction of sp³-hybridized carbons (Fsp3) is 0.778. The van der Waals surface area contributed by atoms with Gasteiger partial charge in [-0.2, -0.15) is 0 Å². The zero-order valence-electron chi connectivity index (χ0n) is 7.35. The summed E-state index contributed by atoms with van der Waals surface area (Å²) in [6.07, 6.45) is 0.979. The van der Waals surface area contributed by atoms with Gasteiger partial charge in [0.25, 0.3) is 6.43 Å². The van der Waals surface area contributed by atoms with Gasteiger partial charge < -0.3 is 5.11 Å². The Morgan fingerprint density at radius 2 is 1.83 bits per heavy atom. The molecule has 1 N–H and O–H groups in total. The summed E-state index contributed by atoms with van der Waals surface area (Å²) in [5.74, 6) is 0. The molecular weight excluding hydrogens is 162 g/mol. The predicted octanol–water partition coefficient (Wildman–Crippen LogP) is 2.36. The first-order valence-electron chi connectivity index (χ1n) is 4.07. The van der Waals surface area contributed by atoms with Crippen molar-refractivity contribution in [1.82, 2.24) is 0 Å². The van der Waals surface area contributed by atoms with E-state index in [0.29, 0.717) is 6.42 Å². The van der Waals surface area contributed by atoms with Crippen molar-refractivity contribution >= 4 is 0 Å². The van der Waals surface area contributed by atoms with E-state index < -0.39 is 12.0 Å². The van der Waals surface area contributed by atoms with Crippen LogP contribution in [0.1, 0.15) is 26.7 Å². The minimum atomic E-state index is -2.68. The molecular formula is C9H14F2O. The molecule has 3 heteroatoms. The van der Waals surface area contributed by atoms with Crippen LogP contribution in [0.25, 0.3) is 0 Å². The van der Waals surface area contributed by atoms with Gasteiger partial charge in [0.05, 0.1) is 0 Å². The molecule has 1 unspecified atom stereocenters. The summed E-state index contributed by atoms with van der Waals surface area (Å²) in [6, 6.07) is 0. The Morgan fingerprint density at radius 3 is 2.17 bits per heavy atom. The highest BCUT2D eigenvalue weighted by Gasteiger charge is 2.39. The number of allylic oxidation sites excluding steroid dienone is 1. The first kappa shape index (κ1) is 9.65. The van der Waals surface area contributed by atoms with Crippen LogP contribution in [0.2, 0.25) is 0 Å². The van der Waals surface area contributed by atoms with Crippen molar-refractivity contribution in [2.45, 2.75) is 38.7 Å². The fourth-order valence-corrected chi connectivity index (χ4v) is 1.24. The number of aliphatic hydroxyl groups is 1. The first-order chi connectivity index (χ1) is 5.36. The van der Waals surface area contributed by atoms with Crippen LogP contribution in [0.3, 0.4) is 0 Å². The van der Waals surface area contributed by atoms with Crippen LogP contribution < -0.4 is 0 Å². The molecule has 0 aromatic heterocycles. The van der Waals surface area contributed by atoms with Gasteiger partial charge in [-0.05, 0) is 18.3 Å². The molecule has 0 aromatic carbocycles. The molecule has 0 heterocycles. The second-order valence-electron chi connectivity index (χ2n) is 4.11. The molecule has 1 nitrogen and oxygen atoms in total. The minimum absolute atomic E-state index is 0.0544. The Morgan fingerprint density at radius 1 is 1.25 bits per heavy atom. The van der Waals surface area contributed by atoms with Gasteiger partial charge in [0.2, 0.25) is 0 Å². The van der Waals surface area contributed by atoms with Crippen molar-refractivity contribution in [3.05, 3.63) is 12.2 Å². The van der Waals surface area contributed by atoms with E-state index in [2.05, 4.69) is 0 Å². The van der Waals surface area contributed by atoms with Gasteiger partial charge in [0, 0.05) is 0 Å². The van der Waals surface area contributed by atoms with Gasteiger partial charge in [-0.3, -0.25) is 0 Å². The van der Waals surface area contributed by atoms with Crippen LogP contribution in [0.15, 0.2) is 12.2 Å². The van der Waals surface area contributed by atoms with Crippen LogP contribution >= 0.6 is 0 Å². The third-order valence-corrected chi connectivity index (χ3v) is 2.37. The topological polar surface area (TPSA) is 20.2 Å². The van der Waals surface area contributed by atoms with Gasteiger partial charge in [-0.15, -0.1) is 0 Å². The molecule has 0 aliphatic heterocycles. The van der Waals surface area contributed by atoms with E-state index >= 15 is 0 Å². The molecule has 1 aliphatic rings. The van der Waals surface area contributed by atoms with E-state index in [9.17, 15) is 13.9 Å². The number of halogens is 2. The lowest BCUT2D eigenvalue weighted by atomic mass is 9.77. The Hall–Kier alpha value is -0.440. The summed E-state index contributed by atoms with van der Waals surface area (Å²) in [5, 5.41) is 9.34. The Balaban J connectivity index is 2.77. The lowest BCUT2D eigenvalue weighted by Crippen LogP contribution is -2.39. The number of hydrogen-bond donors (Lipinski definition) is 1. The lowest BCUT2D eigenvalue weighted by Gasteiger charge is -2.33. The van der Waals surface area contributed by atoms with E-state index in [1.807, 2.05) is 13.8 Å². The summed E-state index contributed by atoms with van der Waals surface area (Å²) in [5.41, 5.74) is -1.93. The third kappa shape index (κ3) is 1.83. The van der Waals surface area contributed by atoms with E-state index in [1.54, 1.807) is 6.08 Å². The number of hydrogen-bond acceptors (Lipinski definition) is 1. The normalized spacial score (nSPS) is 34.2. The van der Waals surface area contributed by atoms with Crippen molar-refractivity contribution in [2.75, 3.05) is 0 Å². The van der Waals surface area contributed by atoms with Crippen molar-refractivity contribution in [3.63, 3.8) is 0 Å². The van der Waals surface area contributed by atoms with Crippen molar-refractivity contribution < 1.29 is 13.9 Å². The molecule has 0 bridgehead atoms. The average molecular weight is 176 g/mol. The monoisotopic (exact) mass is 176 g/mol. The largest absolute Gasteiger partial charge is 0.380 e. The maximum absolute atomic E-state index is 12.3. The molecule has 0 radical (unpaired) electrons. The van der Waals surface area contributed by atoms with Crippen LogP contribution in [-0.4, -0.2) is 17.1 Å². The maximum atomic E-state index is 12.3. The Kier molecular flexibility index (Phi) is 2.25. The molecule has 0 spiro atoms. The molecule has 0 saturated carbocycles. The second kappa shape index (κ2) is 2.80. The highest BCUT2D eigenvalue weighted by atomic mass is 19.3. The molecule has 0 amide bonds. The molecule has 1 atom stereocenters. The highest BCUT2D eigenvalue weighted by Crippen LogP contribution is 2.37. The highest BCUT2D eigenvalue weighted by molar-refractivity contribution is 5.12. The molecule has 0 saturated heterocycles. The van der Waals surface area contributed by atoms with Crippen LogP contribution in [0, 0.1) is 5.41 Å². The van der Waals surface area contributed by atoms with E-state index in [-0.39, 0.29) is 11.8 Å². The minimum Gasteiger partial charge on any atom is -0.380 e. The first-order valence-corrected chi connectivity index (χ1v) is 4.07. The Bertz CT molecular complexity index is 199. The smallest absolute Gasteiger partial charge is 0.270 e. The number of alkyl halides is 2. The van der Waals surface area contributed by atoms with Crippen LogP contribution in [0.5, 0.6) is 0 Å². The fourth-order valence-electron chi connectivity index (χ4n) is 1.24. The third-order valence-electron chi connectivity index (χ3n) is 2.37. The Labute approximate surface area is 71.1 Å². The van der Waals surface area contributed by atoms with E-state index in [0.717, 1.165) is 0 Å². The summed E-state index contributed by atoms with van der Waals surface area (Å²) in [4.78, 5) is 0. The summed E-state index contributed by atoms with van der Waals surface area (Å²) in [6.45, 7) is 3.93. The summed E-state index contributed by atoms with van der Waals surface area (Å²) < 4.78 is 24.5. The molecule has 0 fully saturated rings. The van der Waals surface area contributed by atoms with E-state index in [4.69, 9.17) is 0 Å². The van der Waals surface area contributed by atoms with Crippen LogP contribution in [0.4, 0.5) is 8.78 Å². The van der Waals surface area contributed by atoms with Crippen molar-refractivity contribution in [2.24, 2.45) is 5.41 Å². The van der Waals surface area contributed by atoms with Gasteiger partial charge >= 0.3 is 0 Å². The van der Waals surface area contributed by atoms with E-state index in [1.165, 1.54) is 6.08 Å². The average Bonchev–Trinajstić information content (AvgIpc) is 1.96. The molecule has 0 aromatic rings. The quantitative estimate of drug-likeness (QED) is 0.608. The van der Waals surface area contributed by atoms with Crippen LogP contribution in [-0.2, 0) is 0 Å². The van der Waals surface area contributed by atoms with Crippen molar-refractivity contribution in [3.8, 4) is 0 Å². The zero-order valence-corrected chi connectivity index (χ0v) is 7.35. The second-order valence-corrected chi connectivity index (χ2v) is 4.11. The lowest BCUT2D eigenvalue weighted by molar-refractivity contribution is -0.0752. The van der Waals surface area contributed by atoms with Gasteiger partial charge in [0.15, 0.2) is 0 Å². The van der Waals surface area contributed by atoms with Gasteiger partial charge in [-0.1, -0.05) is 26.0 Å².